The van der Waals surface area contributed by atoms with Gasteiger partial charge in [-0.1, -0.05) is 27.7 Å². The molecule has 0 aromatic carbocycles. The zero-order valence-electron chi connectivity index (χ0n) is 34.6. The van der Waals surface area contributed by atoms with E-state index in [9.17, 15) is 30.0 Å². The number of nitrogens with zero attached hydrogens (tertiary/aromatic N) is 2. The Morgan fingerprint density at radius 3 is 2.15 bits per heavy atom. The summed E-state index contributed by atoms with van der Waals surface area (Å²) >= 11 is 0. The van der Waals surface area contributed by atoms with Gasteiger partial charge in [-0.2, -0.15) is 0 Å². The minimum Gasteiger partial charge on any atom is -0.459 e. The number of carbonyl (C=O) groups is 2. The van der Waals surface area contributed by atoms with Gasteiger partial charge in [0.05, 0.1) is 53.7 Å². The highest BCUT2D eigenvalue weighted by atomic mass is 16.7. The summed E-state index contributed by atoms with van der Waals surface area (Å²) < 4.78 is 44.1. The van der Waals surface area contributed by atoms with Crippen LogP contribution in [0.5, 0.6) is 0 Å². The predicted octanol–water partition coefficient (Wildman–Crippen LogP) is 2.57. The van der Waals surface area contributed by atoms with Gasteiger partial charge in [0.1, 0.15) is 23.6 Å². The van der Waals surface area contributed by atoms with Crippen molar-refractivity contribution in [1.82, 2.24) is 4.90 Å². The summed E-state index contributed by atoms with van der Waals surface area (Å²) in [5, 5.41) is 46.5. The Labute approximate surface area is 321 Å². The lowest BCUT2D eigenvalue weighted by atomic mass is 9.74. The summed E-state index contributed by atoms with van der Waals surface area (Å²) in [5.41, 5.74) is -4.79. The van der Waals surface area contributed by atoms with Gasteiger partial charge in [0.25, 0.3) is 6.02 Å². The first-order chi connectivity index (χ1) is 25.0. The van der Waals surface area contributed by atoms with Crippen LogP contribution >= 0.6 is 0 Å². The number of likely N-dealkylation sites (N-methyl/N-ethyl adjacent to an activating group) is 1. The third-order valence-corrected chi connectivity index (χ3v) is 12.5. The zero-order chi connectivity index (χ0) is 40.7. The van der Waals surface area contributed by atoms with Gasteiger partial charge >= 0.3 is 5.97 Å². The summed E-state index contributed by atoms with van der Waals surface area (Å²) in [4.78, 5) is 34.6. The largest absolute Gasteiger partial charge is 0.459 e. The summed E-state index contributed by atoms with van der Waals surface area (Å²) in [6, 6.07) is 0.322. The second-order valence-corrected chi connectivity index (χ2v) is 17.0. The van der Waals surface area contributed by atoms with Crippen LogP contribution in [-0.4, -0.2) is 148 Å². The van der Waals surface area contributed by atoms with Crippen LogP contribution in [0.4, 0.5) is 0 Å². The van der Waals surface area contributed by atoms with Crippen LogP contribution in [-0.2, 0) is 42.7 Å². The molecule has 54 heavy (non-hydrogen) atoms. The number of ketones is 1. The number of methoxy groups -OCH3 is 1. The SMILES string of the molecule is CCN=C1O[C@H]2[C@@H](O[C@@H]3[C@@H](C)[C@H](O[C@H]4C[C@@](C)(OC)[C@@H](O)[C@H](C)O4)[C@@H](C)C(=O)O[C@H](CC)[C@@](C)(O)[C@H](O)[C@@H](C)C(=O)[C@H](C)C[C@@]3(C)O)O[C@H](C)C[C@@H]2N1C. The fraction of sp³-hybridized carbons (Fsp3) is 0.923. The number of aliphatic imine (C=N–C) groups is 1. The molecule has 0 spiro atoms. The second-order valence-electron chi connectivity index (χ2n) is 17.0. The van der Waals surface area contributed by atoms with Gasteiger partial charge in [-0.25, -0.2) is 4.99 Å². The molecule has 4 aliphatic rings. The molecule has 0 unspecified atom stereocenters. The molecule has 312 valence electrons. The molecular formula is C39H68N2O13. The van der Waals surface area contributed by atoms with Crippen molar-refractivity contribution in [3.63, 3.8) is 0 Å². The van der Waals surface area contributed by atoms with Crippen molar-refractivity contribution < 1.29 is 63.2 Å². The molecule has 0 amide bonds. The minimum absolute atomic E-state index is 0.104. The van der Waals surface area contributed by atoms with Gasteiger partial charge in [-0.05, 0) is 67.7 Å². The molecule has 18 atom stereocenters. The molecule has 0 aromatic rings. The third kappa shape index (κ3) is 8.94. The Bertz CT molecular complexity index is 1330. The van der Waals surface area contributed by atoms with Crippen LogP contribution in [0.3, 0.4) is 0 Å². The Balaban J connectivity index is 1.83. The summed E-state index contributed by atoms with van der Waals surface area (Å²) in [6.07, 6.45) is -8.66. The van der Waals surface area contributed by atoms with Crippen molar-refractivity contribution in [2.24, 2.45) is 28.7 Å². The lowest BCUT2D eigenvalue weighted by molar-refractivity contribution is -0.313. The van der Waals surface area contributed by atoms with Crippen LogP contribution in [0.15, 0.2) is 4.99 Å². The van der Waals surface area contributed by atoms with Crippen LogP contribution in [0.25, 0.3) is 0 Å². The molecule has 0 bridgehead atoms. The number of aliphatic hydroxyl groups is 4. The van der Waals surface area contributed by atoms with Gasteiger partial charge in [-0.15, -0.1) is 0 Å². The molecule has 4 fully saturated rings. The van der Waals surface area contributed by atoms with E-state index in [0.29, 0.717) is 19.0 Å². The summed E-state index contributed by atoms with van der Waals surface area (Å²) in [7, 11) is 3.40. The molecule has 4 saturated heterocycles. The quantitative estimate of drug-likeness (QED) is 0.276. The molecule has 15 nitrogen and oxygen atoms in total. The Morgan fingerprint density at radius 1 is 0.907 bits per heavy atom. The van der Waals surface area contributed by atoms with Crippen molar-refractivity contribution in [3.05, 3.63) is 0 Å². The number of rotatable bonds is 7. The summed E-state index contributed by atoms with van der Waals surface area (Å²) in [6.45, 7) is 19.1. The second kappa shape index (κ2) is 17.3. The molecule has 15 heteroatoms. The fourth-order valence-corrected chi connectivity index (χ4v) is 9.03. The normalized spacial score (nSPS) is 49.2. The maximum absolute atomic E-state index is 14.2. The number of esters is 1. The average molecular weight is 773 g/mol. The number of fused-ring (bicyclic) bond motifs is 1. The van der Waals surface area contributed by atoms with E-state index in [1.165, 1.54) is 21.0 Å². The average Bonchev–Trinajstić information content (AvgIpc) is 3.42. The Morgan fingerprint density at radius 2 is 1.56 bits per heavy atom. The van der Waals surface area contributed by atoms with Crippen molar-refractivity contribution in [2.75, 3.05) is 20.7 Å². The first kappa shape index (κ1) is 44.8. The molecule has 0 aromatic heterocycles. The number of Topliss-reactive ketones (excluding diaryl/α,β-unsaturated/α-hetero) is 1. The van der Waals surface area contributed by atoms with Gasteiger partial charge in [0.2, 0.25) is 0 Å². The maximum Gasteiger partial charge on any atom is 0.311 e. The molecule has 0 saturated carbocycles. The Hall–Kier alpha value is -1.95. The van der Waals surface area contributed by atoms with E-state index in [0.717, 1.165) is 0 Å². The monoisotopic (exact) mass is 772 g/mol. The van der Waals surface area contributed by atoms with Crippen molar-refractivity contribution in [1.29, 1.82) is 0 Å². The number of ether oxygens (including phenoxy) is 7. The highest BCUT2D eigenvalue weighted by Gasteiger charge is 2.55. The lowest BCUT2D eigenvalue weighted by Gasteiger charge is -2.48. The number of hydrogen-bond acceptors (Lipinski definition) is 14. The van der Waals surface area contributed by atoms with Gasteiger partial charge < -0.3 is 58.5 Å². The van der Waals surface area contributed by atoms with Gasteiger partial charge in [0, 0.05) is 44.9 Å². The number of cyclic esters (lactones) is 1. The summed E-state index contributed by atoms with van der Waals surface area (Å²) in [5.74, 6) is -4.85. The van der Waals surface area contributed by atoms with Crippen molar-refractivity contribution >= 4 is 17.8 Å². The van der Waals surface area contributed by atoms with E-state index in [1.807, 2.05) is 25.8 Å². The molecule has 4 heterocycles. The number of amidine groups is 1. The van der Waals surface area contributed by atoms with Crippen molar-refractivity contribution in [2.45, 2.75) is 186 Å². The van der Waals surface area contributed by atoms with Crippen LogP contribution < -0.4 is 0 Å². The van der Waals surface area contributed by atoms with Crippen LogP contribution in [0.2, 0.25) is 0 Å². The molecule has 0 aliphatic carbocycles. The predicted molar refractivity (Wildman–Crippen MR) is 197 cm³/mol. The first-order valence-corrected chi connectivity index (χ1v) is 19.7. The first-order valence-electron chi connectivity index (χ1n) is 19.7. The van der Waals surface area contributed by atoms with E-state index in [4.69, 9.17) is 33.2 Å². The molecule has 0 radical (unpaired) electrons. The van der Waals surface area contributed by atoms with E-state index in [-0.39, 0.29) is 37.2 Å². The topological polar surface area (TPSA) is 195 Å². The number of aliphatic hydroxyl groups excluding tert-OH is 2. The zero-order valence-corrected chi connectivity index (χ0v) is 34.6. The molecule has 4 N–H and O–H groups in total. The molecule has 4 aliphatic heterocycles. The van der Waals surface area contributed by atoms with Gasteiger partial charge in [0.15, 0.2) is 18.7 Å². The molecular weight excluding hydrogens is 704 g/mol. The smallest absolute Gasteiger partial charge is 0.311 e. The molecule has 4 rings (SSSR count). The minimum atomic E-state index is -1.99. The van der Waals surface area contributed by atoms with Crippen LogP contribution in [0, 0.1) is 23.7 Å². The van der Waals surface area contributed by atoms with E-state index in [2.05, 4.69) is 4.99 Å². The van der Waals surface area contributed by atoms with E-state index in [1.54, 1.807) is 48.5 Å². The maximum atomic E-state index is 14.2. The third-order valence-electron chi connectivity index (χ3n) is 12.5. The highest BCUT2D eigenvalue weighted by Crippen LogP contribution is 2.42. The lowest BCUT2D eigenvalue weighted by Crippen LogP contribution is -2.60. The Kier molecular flexibility index (Phi) is 14.3. The number of hydrogen-bond donors (Lipinski definition) is 4. The van der Waals surface area contributed by atoms with E-state index < -0.39 is 102 Å². The van der Waals surface area contributed by atoms with Gasteiger partial charge in [-0.3, -0.25) is 9.59 Å². The van der Waals surface area contributed by atoms with Crippen LogP contribution in [0.1, 0.15) is 102 Å². The highest BCUT2D eigenvalue weighted by molar-refractivity contribution is 5.83. The fourth-order valence-electron chi connectivity index (χ4n) is 9.03. The number of carbonyl (C=O) groups excluding carboxylic acids is 2. The standard InChI is InChI=1S/C39H68N2O13/c1-14-26-39(11,47)31(43)21(5)28(42)19(3)17-37(9,46)33(54-35-30-25(16-20(4)49-35)41(12)36(53-30)40-15-2)22(6)29(23(7)34(45)51-26)52-27-18-38(10,48-13)32(44)24(8)50-27/h19-27,29-33,35,43-44,46-47H,14-18H2,1-13H3/t19-,20-,21+,22+,23-,24+,25+,26-,27+,29+,30-,31-,32+,33-,35-,37-,38-,39-/m1/s1. The van der Waals surface area contributed by atoms with Crippen molar-refractivity contribution in [3.8, 4) is 0 Å². The van der Waals surface area contributed by atoms with E-state index >= 15 is 0 Å².